The number of nitrogens with one attached hydrogen (secondary N) is 1. The smallest absolute Gasteiger partial charge is 0.263 e. The summed E-state index contributed by atoms with van der Waals surface area (Å²) in [5.41, 5.74) is 3.05. The second-order valence-corrected chi connectivity index (χ2v) is 10.1. The number of hydrogen-bond donors (Lipinski definition) is 1. The monoisotopic (exact) mass is 440 g/mol. The van der Waals surface area contributed by atoms with Crippen molar-refractivity contribution in [2.45, 2.75) is 31.1 Å². The molecule has 0 aliphatic heterocycles. The minimum atomic E-state index is -3.80. The number of sulfonamides is 1. The average molecular weight is 441 g/mol. The van der Waals surface area contributed by atoms with Gasteiger partial charge in [0.15, 0.2) is 0 Å². The van der Waals surface area contributed by atoms with E-state index in [4.69, 9.17) is 11.6 Å². The number of aromatic nitrogens is 3. The summed E-state index contributed by atoms with van der Waals surface area (Å²) in [5.74, 6) is 0.296. The summed E-state index contributed by atoms with van der Waals surface area (Å²) in [4.78, 5) is 4.28. The minimum Gasteiger partial charge on any atom is -0.264 e. The predicted octanol–water partition coefficient (Wildman–Crippen LogP) is 5.15. The zero-order chi connectivity index (χ0) is 21.5. The molecule has 6 nitrogen and oxygen atoms in total. The van der Waals surface area contributed by atoms with E-state index in [0.717, 1.165) is 11.1 Å². The van der Waals surface area contributed by atoms with E-state index in [0.29, 0.717) is 22.1 Å². The molecule has 3 heterocycles. The molecule has 0 aliphatic carbocycles. The number of rotatable bonds is 4. The van der Waals surface area contributed by atoms with Crippen LogP contribution in [0, 0.1) is 0 Å². The van der Waals surface area contributed by atoms with Crippen molar-refractivity contribution in [1.82, 2.24) is 14.6 Å². The Kier molecular flexibility index (Phi) is 5.03. The number of nitrogens with zero attached hydrogens (tertiary/aromatic N) is 3. The number of benzene rings is 1. The Morgan fingerprint density at radius 3 is 2.40 bits per heavy atom. The van der Waals surface area contributed by atoms with Crippen molar-refractivity contribution in [3.63, 3.8) is 0 Å². The van der Waals surface area contributed by atoms with Crippen LogP contribution >= 0.6 is 11.6 Å². The van der Waals surface area contributed by atoms with E-state index in [9.17, 15) is 8.42 Å². The molecule has 4 rings (SSSR count). The van der Waals surface area contributed by atoms with Gasteiger partial charge >= 0.3 is 0 Å². The van der Waals surface area contributed by atoms with Crippen LogP contribution in [0.25, 0.3) is 16.8 Å². The maximum atomic E-state index is 13.0. The van der Waals surface area contributed by atoms with E-state index in [1.165, 1.54) is 4.52 Å². The maximum Gasteiger partial charge on any atom is 0.263 e. The molecule has 3 aromatic heterocycles. The van der Waals surface area contributed by atoms with Gasteiger partial charge in [0.2, 0.25) is 0 Å². The molecule has 1 aromatic carbocycles. The lowest BCUT2D eigenvalue weighted by molar-refractivity contribution is 0.587. The number of hydrogen-bond acceptors (Lipinski definition) is 4. The lowest BCUT2D eigenvalue weighted by Crippen LogP contribution is -2.16. The summed E-state index contributed by atoms with van der Waals surface area (Å²) < 4.78 is 30.1. The molecule has 0 atom stereocenters. The quantitative estimate of drug-likeness (QED) is 0.476. The highest BCUT2D eigenvalue weighted by molar-refractivity contribution is 7.92. The van der Waals surface area contributed by atoms with Crippen LogP contribution in [0.2, 0.25) is 5.02 Å². The van der Waals surface area contributed by atoms with E-state index in [-0.39, 0.29) is 10.3 Å². The number of pyridine rings is 2. The summed E-state index contributed by atoms with van der Waals surface area (Å²) in [7, 11) is -3.80. The number of fused-ring (bicyclic) bond motifs is 1. The van der Waals surface area contributed by atoms with Gasteiger partial charge in [0.1, 0.15) is 5.82 Å². The van der Waals surface area contributed by atoms with Crippen LogP contribution in [0.15, 0.2) is 71.9 Å². The molecule has 0 amide bonds. The molecule has 8 heteroatoms. The second-order valence-electron chi connectivity index (χ2n) is 8.01. The van der Waals surface area contributed by atoms with Gasteiger partial charge in [-0.05, 0) is 53.4 Å². The van der Waals surface area contributed by atoms with Gasteiger partial charge in [-0.15, -0.1) is 0 Å². The van der Waals surface area contributed by atoms with E-state index < -0.39 is 10.0 Å². The molecule has 1 N–H and O–H groups in total. The van der Waals surface area contributed by atoms with Gasteiger partial charge in [-0.1, -0.05) is 44.5 Å². The van der Waals surface area contributed by atoms with E-state index in [1.807, 2.05) is 24.3 Å². The van der Waals surface area contributed by atoms with Crippen LogP contribution in [0.3, 0.4) is 0 Å². The number of halogens is 1. The third-order valence-corrected chi connectivity index (χ3v) is 6.49. The Hall–Kier alpha value is -2.90. The van der Waals surface area contributed by atoms with Gasteiger partial charge in [-0.2, -0.15) is 5.10 Å². The molecule has 154 valence electrons. The predicted molar refractivity (Wildman–Crippen MR) is 119 cm³/mol. The molecule has 4 aromatic rings. The van der Waals surface area contributed by atoms with Crippen molar-refractivity contribution in [2.24, 2.45) is 0 Å². The van der Waals surface area contributed by atoms with Crippen molar-refractivity contribution in [3.05, 3.63) is 77.6 Å². The second kappa shape index (κ2) is 7.41. The SMILES string of the molecule is CC(C)(C)c1ccc(S(=O)(=O)Nc2ccc(Cl)c3cc(-c4cccnc4)nn23)cc1. The van der Waals surface area contributed by atoms with Gasteiger partial charge in [0.25, 0.3) is 10.0 Å². The molecule has 0 fully saturated rings. The summed E-state index contributed by atoms with van der Waals surface area (Å²) in [6.07, 6.45) is 3.37. The van der Waals surface area contributed by atoms with Crippen molar-refractivity contribution in [1.29, 1.82) is 0 Å². The Morgan fingerprint density at radius 1 is 1.03 bits per heavy atom. The van der Waals surface area contributed by atoms with Crippen LogP contribution in [-0.4, -0.2) is 23.0 Å². The Morgan fingerprint density at radius 2 is 1.77 bits per heavy atom. The number of anilines is 1. The van der Waals surface area contributed by atoms with Crippen molar-refractivity contribution in [3.8, 4) is 11.3 Å². The maximum absolute atomic E-state index is 13.0. The van der Waals surface area contributed by atoms with Crippen LogP contribution in [0.4, 0.5) is 5.82 Å². The molecular weight excluding hydrogens is 420 g/mol. The normalized spacial score (nSPS) is 12.3. The summed E-state index contributed by atoms with van der Waals surface area (Å²) in [6.45, 7) is 6.24. The fourth-order valence-corrected chi connectivity index (χ4v) is 4.35. The van der Waals surface area contributed by atoms with Crippen molar-refractivity contribution < 1.29 is 8.42 Å². The van der Waals surface area contributed by atoms with Crippen molar-refractivity contribution >= 4 is 33.0 Å². The molecule has 0 saturated carbocycles. The lowest BCUT2D eigenvalue weighted by atomic mass is 9.87. The highest BCUT2D eigenvalue weighted by Crippen LogP contribution is 2.28. The van der Waals surface area contributed by atoms with Gasteiger partial charge in [-0.3, -0.25) is 9.71 Å². The van der Waals surface area contributed by atoms with Crippen LogP contribution < -0.4 is 4.72 Å². The van der Waals surface area contributed by atoms with Gasteiger partial charge < -0.3 is 0 Å². The molecular formula is C22H21ClN4O2S. The van der Waals surface area contributed by atoms with E-state index in [2.05, 4.69) is 35.6 Å². The summed E-state index contributed by atoms with van der Waals surface area (Å²) in [5, 5.41) is 5.00. The zero-order valence-electron chi connectivity index (χ0n) is 16.8. The molecule has 0 aliphatic rings. The van der Waals surface area contributed by atoms with E-state index >= 15 is 0 Å². The standard InChI is InChI=1S/C22H21ClN4O2S/c1-22(2,3)16-6-8-17(9-7-16)30(28,29)26-21-11-10-18(23)20-13-19(25-27(20)21)15-5-4-12-24-14-15/h4-14,26H,1-3H3. The topological polar surface area (TPSA) is 76.4 Å². The Labute approximate surface area is 180 Å². The first-order chi connectivity index (χ1) is 14.1. The van der Waals surface area contributed by atoms with Gasteiger partial charge in [0.05, 0.1) is 21.1 Å². The minimum absolute atomic E-state index is 0.0597. The molecule has 30 heavy (non-hydrogen) atoms. The first-order valence-electron chi connectivity index (χ1n) is 9.37. The van der Waals surface area contributed by atoms with Crippen LogP contribution in [0.1, 0.15) is 26.3 Å². The Bertz CT molecular complexity index is 1310. The van der Waals surface area contributed by atoms with Crippen molar-refractivity contribution in [2.75, 3.05) is 4.72 Å². The summed E-state index contributed by atoms with van der Waals surface area (Å²) >= 11 is 6.32. The van der Waals surface area contributed by atoms with Crippen LogP contribution in [-0.2, 0) is 15.4 Å². The molecule has 0 unspecified atom stereocenters. The molecule has 0 spiro atoms. The zero-order valence-corrected chi connectivity index (χ0v) is 18.4. The van der Waals surface area contributed by atoms with Gasteiger partial charge in [0, 0.05) is 18.0 Å². The third-order valence-electron chi connectivity index (χ3n) is 4.80. The fourth-order valence-electron chi connectivity index (χ4n) is 3.11. The highest BCUT2D eigenvalue weighted by atomic mass is 35.5. The summed E-state index contributed by atoms with van der Waals surface area (Å²) in [6, 6.07) is 15.6. The fraction of sp³-hybridized carbons (Fsp3) is 0.182. The van der Waals surface area contributed by atoms with Gasteiger partial charge in [-0.25, -0.2) is 12.9 Å². The Balaban J connectivity index is 1.73. The molecule has 0 radical (unpaired) electrons. The molecule has 0 bridgehead atoms. The van der Waals surface area contributed by atoms with E-state index in [1.54, 1.807) is 42.7 Å². The van der Waals surface area contributed by atoms with Crippen LogP contribution in [0.5, 0.6) is 0 Å². The largest absolute Gasteiger partial charge is 0.264 e. The first-order valence-corrected chi connectivity index (χ1v) is 11.2. The third kappa shape index (κ3) is 3.91. The molecule has 0 saturated heterocycles. The first kappa shape index (κ1) is 20.4. The highest BCUT2D eigenvalue weighted by Gasteiger charge is 2.20. The lowest BCUT2D eigenvalue weighted by Gasteiger charge is -2.19. The average Bonchev–Trinajstić information content (AvgIpc) is 3.17.